The van der Waals surface area contributed by atoms with Crippen molar-refractivity contribution in [3.63, 3.8) is 0 Å². The molecule has 25 heavy (non-hydrogen) atoms. The summed E-state index contributed by atoms with van der Waals surface area (Å²) in [6, 6.07) is 3.95. The van der Waals surface area contributed by atoms with Crippen LogP contribution in [0.15, 0.2) is 18.5 Å². The molecule has 0 bridgehead atoms. The first-order valence-electron chi connectivity index (χ1n) is 7.45. The molecule has 2 rings (SSSR count). The van der Waals surface area contributed by atoms with Crippen LogP contribution in [0.25, 0.3) is 11.3 Å². The quantitative estimate of drug-likeness (QED) is 0.850. The van der Waals surface area contributed by atoms with Gasteiger partial charge in [-0.25, -0.2) is 22.8 Å². The first-order valence-corrected chi connectivity index (χ1v) is 9.48. The fraction of sp³-hybridized carbons (Fsp3) is 0.312. The molecule has 0 aliphatic rings. The Balaban J connectivity index is 2.68. The third-order valence-corrected chi connectivity index (χ3v) is 5.16. The molecule has 2 aromatic rings. The van der Waals surface area contributed by atoms with Crippen molar-refractivity contribution in [2.75, 3.05) is 10.5 Å². The number of aromatic nitrogens is 2. The van der Waals surface area contributed by atoms with E-state index in [2.05, 4.69) is 14.7 Å². The second-order valence-electron chi connectivity index (χ2n) is 5.57. The van der Waals surface area contributed by atoms with E-state index in [0.29, 0.717) is 5.69 Å². The molecule has 132 valence electrons. The van der Waals surface area contributed by atoms with Crippen molar-refractivity contribution in [1.29, 1.82) is 5.26 Å². The number of rotatable bonds is 5. The van der Waals surface area contributed by atoms with Gasteiger partial charge in [-0.05, 0) is 25.0 Å². The summed E-state index contributed by atoms with van der Waals surface area (Å²) in [6.45, 7) is 5.22. The molecule has 0 saturated heterocycles. The van der Waals surface area contributed by atoms with Crippen LogP contribution in [0.5, 0.6) is 0 Å². The molecule has 1 heterocycles. The van der Waals surface area contributed by atoms with Gasteiger partial charge in [0.2, 0.25) is 10.0 Å². The lowest BCUT2D eigenvalue weighted by molar-refractivity contribution is 0.602. The summed E-state index contributed by atoms with van der Waals surface area (Å²) in [5.74, 6) is -0.920. The van der Waals surface area contributed by atoms with E-state index in [1.54, 1.807) is 6.07 Å². The van der Waals surface area contributed by atoms with E-state index in [1.165, 1.54) is 19.3 Å². The fourth-order valence-corrected chi connectivity index (χ4v) is 3.21. The molecule has 0 aliphatic carbocycles. The van der Waals surface area contributed by atoms with E-state index < -0.39 is 15.8 Å². The third-order valence-electron chi connectivity index (χ3n) is 3.49. The Morgan fingerprint density at radius 1 is 1.36 bits per heavy atom. The molecule has 9 heteroatoms. The number of anilines is 1. The molecule has 0 radical (unpaired) electrons. The van der Waals surface area contributed by atoms with Crippen LogP contribution in [-0.4, -0.2) is 24.1 Å². The van der Waals surface area contributed by atoms with E-state index in [9.17, 15) is 12.8 Å². The Morgan fingerprint density at radius 2 is 2.04 bits per heavy atom. The summed E-state index contributed by atoms with van der Waals surface area (Å²) in [5.41, 5.74) is 0.515. The van der Waals surface area contributed by atoms with Gasteiger partial charge in [0, 0.05) is 5.56 Å². The summed E-state index contributed by atoms with van der Waals surface area (Å²) < 4.78 is 40.4. The highest BCUT2D eigenvalue weighted by atomic mass is 35.5. The lowest BCUT2D eigenvalue weighted by Crippen LogP contribution is -2.15. The zero-order valence-electron chi connectivity index (χ0n) is 13.8. The third kappa shape index (κ3) is 4.06. The van der Waals surface area contributed by atoms with Gasteiger partial charge in [-0.3, -0.25) is 4.72 Å². The number of sulfonamides is 1. The number of hydrogen-bond donors (Lipinski definition) is 1. The number of hydrogen-bond acceptors (Lipinski definition) is 5. The number of nitriles is 1. The molecule has 0 unspecified atom stereocenters. The Hall–Kier alpha value is -2.24. The average Bonchev–Trinajstić information content (AvgIpc) is 2.56. The van der Waals surface area contributed by atoms with Crippen LogP contribution in [0, 0.1) is 17.1 Å². The Bertz CT molecular complexity index is 955. The number of halogens is 2. The predicted octanol–water partition coefficient (Wildman–Crippen LogP) is 3.69. The maximum Gasteiger partial charge on any atom is 0.232 e. The van der Waals surface area contributed by atoms with Crippen molar-refractivity contribution in [2.45, 2.75) is 26.7 Å². The van der Waals surface area contributed by atoms with Crippen LogP contribution < -0.4 is 4.72 Å². The minimum atomic E-state index is -3.64. The van der Waals surface area contributed by atoms with Gasteiger partial charge in [0.25, 0.3) is 0 Å². The van der Waals surface area contributed by atoms with Gasteiger partial charge in [0.05, 0.1) is 33.4 Å². The SMILES string of the molecule is CCS(=O)(=O)Nc1cc(-c2ncnc(C(C)C)c2Cl)c(F)cc1C#N. The van der Waals surface area contributed by atoms with Crippen LogP contribution in [0.1, 0.15) is 37.9 Å². The molecule has 1 aromatic carbocycles. The van der Waals surface area contributed by atoms with Gasteiger partial charge in [0.15, 0.2) is 0 Å². The molecular weight excluding hydrogens is 367 g/mol. The average molecular weight is 383 g/mol. The summed E-state index contributed by atoms with van der Waals surface area (Å²) >= 11 is 6.30. The highest BCUT2D eigenvalue weighted by Crippen LogP contribution is 2.35. The summed E-state index contributed by atoms with van der Waals surface area (Å²) in [5, 5.41) is 9.33. The normalized spacial score (nSPS) is 11.4. The second-order valence-corrected chi connectivity index (χ2v) is 7.96. The summed E-state index contributed by atoms with van der Waals surface area (Å²) in [7, 11) is -3.64. The number of nitrogens with one attached hydrogen (secondary N) is 1. The zero-order valence-corrected chi connectivity index (χ0v) is 15.4. The van der Waals surface area contributed by atoms with Crippen molar-refractivity contribution >= 4 is 27.3 Å². The second kappa shape index (κ2) is 7.33. The van der Waals surface area contributed by atoms with Crippen molar-refractivity contribution in [1.82, 2.24) is 9.97 Å². The molecule has 6 nitrogen and oxygen atoms in total. The Kier molecular flexibility index (Phi) is 5.60. The first-order chi connectivity index (χ1) is 11.7. The lowest BCUT2D eigenvalue weighted by Gasteiger charge is -2.13. The fourth-order valence-electron chi connectivity index (χ4n) is 2.15. The van der Waals surface area contributed by atoms with Crippen LogP contribution >= 0.6 is 11.6 Å². The van der Waals surface area contributed by atoms with Crippen LogP contribution in [0.2, 0.25) is 5.02 Å². The highest BCUT2D eigenvalue weighted by Gasteiger charge is 2.20. The minimum Gasteiger partial charge on any atom is -0.282 e. The molecule has 0 atom stereocenters. The predicted molar refractivity (Wildman–Crippen MR) is 94.3 cm³/mol. The van der Waals surface area contributed by atoms with Gasteiger partial charge in [-0.15, -0.1) is 0 Å². The van der Waals surface area contributed by atoms with Crippen LogP contribution in [-0.2, 0) is 10.0 Å². The highest BCUT2D eigenvalue weighted by molar-refractivity contribution is 7.92. The van der Waals surface area contributed by atoms with Gasteiger partial charge in [-0.2, -0.15) is 5.26 Å². The molecule has 1 N–H and O–H groups in total. The Morgan fingerprint density at radius 3 is 2.60 bits per heavy atom. The van der Waals surface area contributed by atoms with Crippen LogP contribution in [0.4, 0.5) is 10.1 Å². The molecular formula is C16H16ClFN4O2S. The van der Waals surface area contributed by atoms with Crippen LogP contribution in [0.3, 0.4) is 0 Å². The molecule has 0 saturated carbocycles. The number of nitrogens with zero attached hydrogens (tertiary/aromatic N) is 3. The van der Waals surface area contributed by atoms with Gasteiger partial charge < -0.3 is 0 Å². The van der Waals surface area contributed by atoms with E-state index >= 15 is 0 Å². The topological polar surface area (TPSA) is 95.7 Å². The first kappa shape index (κ1) is 19.1. The standard InChI is InChI=1S/C16H16ClFN4O2S/c1-4-25(23,24)22-13-6-11(12(18)5-10(13)7-19)16-14(17)15(9(2)3)20-8-21-16/h5-6,8-9,22H,4H2,1-3H3. The van der Waals surface area contributed by atoms with Crippen molar-refractivity contribution in [3.05, 3.63) is 40.6 Å². The largest absolute Gasteiger partial charge is 0.282 e. The van der Waals surface area contributed by atoms with Crippen molar-refractivity contribution < 1.29 is 12.8 Å². The minimum absolute atomic E-state index is 0.00578. The van der Waals surface area contributed by atoms with E-state index in [1.807, 2.05) is 13.8 Å². The van der Waals surface area contributed by atoms with Gasteiger partial charge in [0.1, 0.15) is 18.2 Å². The summed E-state index contributed by atoms with van der Waals surface area (Å²) in [4.78, 5) is 8.12. The molecule has 0 spiro atoms. The lowest BCUT2D eigenvalue weighted by atomic mass is 10.0. The molecule has 0 amide bonds. The van der Waals surface area contributed by atoms with Gasteiger partial charge >= 0.3 is 0 Å². The van der Waals surface area contributed by atoms with E-state index in [4.69, 9.17) is 16.9 Å². The molecule has 1 aromatic heterocycles. The smallest absolute Gasteiger partial charge is 0.232 e. The monoisotopic (exact) mass is 382 g/mol. The molecule has 0 aliphatic heterocycles. The summed E-state index contributed by atoms with van der Waals surface area (Å²) in [6.07, 6.45) is 1.27. The van der Waals surface area contributed by atoms with E-state index in [0.717, 1.165) is 6.07 Å². The molecule has 0 fully saturated rings. The Labute approximate surface area is 150 Å². The van der Waals surface area contributed by atoms with Crippen molar-refractivity contribution in [3.8, 4) is 17.3 Å². The number of benzene rings is 1. The van der Waals surface area contributed by atoms with Gasteiger partial charge in [-0.1, -0.05) is 25.4 Å². The zero-order chi connectivity index (χ0) is 18.8. The maximum atomic E-state index is 14.5. The van der Waals surface area contributed by atoms with E-state index in [-0.39, 0.29) is 39.2 Å². The van der Waals surface area contributed by atoms with Crippen molar-refractivity contribution in [2.24, 2.45) is 0 Å². The maximum absolute atomic E-state index is 14.5.